The number of hydrogen-bond donors (Lipinski definition) is 5. The van der Waals surface area contributed by atoms with E-state index in [1.807, 2.05) is 24.4 Å². The number of hydrogen-bond acceptors (Lipinski definition) is 4. The van der Waals surface area contributed by atoms with Crippen molar-refractivity contribution in [1.29, 1.82) is 0 Å². The summed E-state index contributed by atoms with van der Waals surface area (Å²) in [6.07, 6.45) is 2.66. The number of carboxylic acid groups (broad SMARTS) is 1. The average molecular weight is 420 g/mol. The highest BCUT2D eigenvalue weighted by molar-refractivity contribution is 5.96. The van der Waals surface area contributed by atoms with Gasteiger partial charge in [0.1, 0.15) is 6.04 Å². The van der Waals surface area contributed by atoms with Gasteiger partial charge < -0.3 is 26.0 Å². The van der Waals surface area contributed by atoms with E-state index in [4.69, 9.17) is 0 Å². The lowest BCUT2D eigenvalue weighted by Crippen LogP contribution is -2.44. The minimum Gasteiger partial charge on any atom is -0.481 e. The topological polar surface area (TPSA) is 123 Å². The molecule has 31 heavy (non-hydrogen) atoms. The van der Waals surface area contributed by atoms with E-state index in [1.165, 1.54) is 6.92 Å². The third-order valence-corrected chi connectivity index (χ3v) is 5.66. The zero-order valence-electron chi connectivity index (χ0n) is 17.1. The summed E-state index contributed by atoms with van der Waals surface area (Å²) in [5.74, 6) is -2.52. The fourth-order valence-electron chi connectivity index (χ4n) is 3.79. The third-order valence-electron chi connectivity index (χ3n) is 5.66. The van der Waals surface area contributed by atoms with Crippen molar-refractivity contribution in [3.63, 3.8) is 0 Å². The summed E-state index contributed by atoms with van der Waals surface area (Å²) in [6, 6.07) is 12.3. The van der Waals surface area contributed by atoms with Gasteiger partial charge in [-0.1, -0.05) is 18.2 Å². The molecule has 0 spiro atoms. The molecule has 0 aliphatic carbocycles. The van der Waals surface area contributed by atoms with E-state index in [1.54, 1.807) is 18.2 Å². The molecule has 2 unspecified atom stereocenters. The Hall–Kier alpha value is -3.81. The van der Waals surface area contributed by atoms with Gasteiger partial charge in [-0.2, -0.15) is 0 Å². The average Bonchev–Trinajstić information content (AvgIpc) is 3.10. The maximum atomic E-state index is 12.6. The normalized spacial score (nSPS) is 16.5. The molecule has 8 heteroatoms. The minimum absolute atomic E-state index is 0.200. The van der Waals surface area contributed by atoms with Crippen LogP contribution in [-0.2, 0) is 22.6 Å². The number of rotatable bonds is 6. The van der Waals surface area contributed by atoms with Gasteiger partial charge in [0.25, 0.3) is 5.91 Å². The smallest absolute Gasteiger partial charge is 0.308 e. The van der Waals surface area contributed by atoms with Crippen molar-refractivity contribution in [1.82, 2.24) is 15.6 Å². The zero-order valence-corrected chi connectivity index (χ0v) is 17.1. The summed E-state index contributed by atoms with van der Waals surface area (Å²) >= 11 is 0. The van der Waals surface area contributed by atoms with Crippen molar-refractivity contribution in [2.45, 2.75) is 25.9 Å². The highest BCUT2D eigenvalue weighted by Gasteiger charge is 2.32. The number of H-pyrrole nitrogens is 1. The summed E-state index contributed by atoms with van der Waals surface area (Å²) in [4.78, 5) is 39.4. The molecule has 3 aromatic rings. The van der Waals surface area contributed by atoms with Crippen LogP contribution < -0.4 is 16.0 Å². The quantitative estimate of drug-likeness (QED) is 0.419. The number of carboxylic acids is 1. The summed E-state index contributed by atoms with van der Waals surface area (Å²) in [5.41, 5.74) is 4.07. The van der Waals surface area contributed by atoms with Gasteiger partial charge >= 0.3 is 5.97 Å². The lowest BCUT2D eigenvalue weighted by Gasteiger charge is -2.20. The third kappa shape index (κ3) is 4.23. The molecule has 8 nitrogen and oxygen atoms in total. The first-order valence-corrected chi connectivity index (χ1v) is 10.2. The number of carbonyl (C=O) groups is 3. The summed E-state index contributed by atoms with van der Waals surface area (Å²) < 4.78 is 0. The maximum absolute atomic E-state index is 12.6. The number of aromatic amines is 1. The van der Waals surface area contributed by atoms with Crippen LogP contribution in [0.4, 0.5) is 5.69 Å². The molecule has 2 aromatic carbocycles. The molecule has 0 fully saturated rings. The van der Waals surface area contributed by atoms with Crippen LogP contribution in [0.25, 0.3) is 10.9 Å². The number of carbonyl (C=O) groups excluding carboxylic acids is 2. The SMILES string of the molecule is CC(C(=O)O)C1Nc2ccc(C(=O)NCCc3c[nH]c4ccccc34)cc2CNC1=O. The van der Waals surface area contributed by atoms with Crippen molar-refractivity contribution in [3.8, 4) is 0 Å². The number of amides is 2. The van der Waals surface area contributed by atoms with Crippen LogP contribution in [0.2, 0.25) is 0 Å². The fourth-order valence-corrected chi connectivity index (χ4v) is 3.79. The lowest BCUT2D eigenvalue weighted by molar-refractivity contribution is -0.143. The van der Waals surface area contributed by atoms with E-state index in [-0.39, 0.29) is 18.4 Å². The van der Waals surface area contributed by atoms with Crippen LogP contribution in [0, 0.1) is 5.92 Å². The van der Waals surface area contributed by atoms with Crippen molar-refractivity contribution in [3.05, 3.63) is 65.4 Å². The van der Waals surface area contributed by atoms with Gasteiger partial charge in [0.15, 0.2) is 0 Å². The number of aliphatic carboxylic acids is 1. The van der Waals surface area contributed by atoms with Crippen LogP contribution in [0.1, 0.15) is 28.4 Å². The molecule has 0 radical (unpaired) electrons. The van der Waals surface area contributed by atoms with Crippen molar-refractivity contribution in [2.75, 3.05) is 11.9 Å². The van der Waals surface area contributed by atoms with Crippen LogP contribution in [0.3, 0.4) is 0 Å². The van der Waals surface area contributed by atoms with Crippen molar-refractivity contribution in [2.24, 2.45) is 5.92 Å². The second-order valence-corrected chi connectivity index (χ2v) is 7.70. The predicted octanol–water partition coefficient (Wildman–Crippen LogP) is 2.27. The molecule has 5 N–H and O–H groups in total. The van der Waals surface area contributed by atoms with Crippen LogP contribution >= 0.6 is 0 Å². The first-order valence-electron chi connectivity index (χ1n) is 10.2. The van der Waals surface area contributed by atoms with Gasteiger partial charge in [0.05, 0.1) is 5.92 Å². The standard InChI is InChI=1S/C23H24N4O4/c1-13(23(30)31)20-22(29)26-12-16-10-14(6-7-18(16)27-20)21(28)24-9-8-15-11-25-19-5-3-2-4-17(15)19/h2-7,10-11,13,20,25,27H,8-9,12H2,1H3,(H,24,28)(H,26,29)(H,30,31). The number of fused-ring (bicyclic) bond motifs is 2. The largest absolute Gasteiger partial charge is 0.481 e. The Kier molecular flexibility index (Phi) is 5.62. The van der Waals surface area contributed by atoms with Gasteiger partial charge in [0, 0.05) is 41.4 Å². The Morgan fingerprint density at radius 2 is 2.03 bits per heavy atom. The highest BCUT2D eigenvalue weighted by Crippen LogP contribution is 2.23. The summed E-state index contributed by atoms with van der Waals surface area (Å²) in [6.45, 7) is 2.20. The summed E-state index contributed by atoms with van der Waals surface area (Å²) in [5, 5.41) is 19.1. The number of aromatic nitrogens is 1. The van der Waals surface area contributed by atoms with Gasteiger partial charge in [-0.05, 0) is 48.7 Å². The second-order valence-electron chi connectivity index (χ2n) is 7.70. The van der Waals surface area contributed by atoms with E-state index in [9.17, 15) is 19.5 Å². The molecule has 0 saturated carbocycles. The van der Waals surface area contributed by atoms with E-state index < -0.39 is 17.9 Å². The van der Waals surface area contributed by atoms with Crippen molar-refractivity contribution >= 4 is 34.4 Å². The van der Waals surface area contributed by atoms with Crippen LogP contribution in [0.15, 0.2) is 48.7 Å². The molecule has 1 aliphatic heterocycles. The molecule has 2 heterocycles. The molecule has 2 atom stereocenters. The zero-order chi connectivity index (χ0) is 22.0. The Morgan fingerprint density at radius 1 is 1.23 bits per heavy atom. The first-order chi connectivity index (χ1) is 14.9. The fraction of sp³-hybridized carbons (Fsp3) is 0.261. The van der Waals surface area contributed by atoms with Gasteiger partial charge in [-0.15, -0.1) is 0 Å². The molecule has 0 saturated heterocycles. The number of para-hydroxylation sites is 1. The Morgan fingerprint density at radius 3 is 2.84 bits per heavy atom. The number of nitrogens with one attached hydrogen (secondary N) is 4. The molecular formula is C23H24N4O4. The monoisotopic (exact) mass is 420 g/mol. The first kappa shape index (κ1) is 20.5. The molecule has 2 amide bonds. The van der Waals surface area contributed by atoms with E-state index in [2.05, 4.69) is 27.0 Å². The molecule has 0 bridgehead atoms. The van der Waals surface area contributed by atoms with Gasteiger partial charge in [0.2, 0.25) is 5.91 Å². The molecular weight excluding hydrogens is 396 g/mol. The molecule has 4 rings (SSSR count). The number of benzene rings is 2. The minimum atomic E-state index is -1.05. The van der Waals surface area contributed by atoms with Crippen molar-refractivity contribution < 1.29 is 19.5 Å². The molecule has 1 aliphatic rings. The van der Waals surface area contributed by atoms with E-state index in [0.29, 0.717) is 24.2 Å². The van der Waals surface area contributed by atoms with E-state index >= 15 is 0 Å². The van der Waals surface area contributed by atoms with Crippen LogP contribution in [0.5, 0.6) is 0 Å². The lowest BCUT2D eigenvalue weighted by atomic mass is 10.0. The van der Waals surface area contributed by atoms with Crippen LogP contribution in [-0.4, -0.2) is 40.5 Å². The molecule has 1 aromatic heterocycles. The predicted molar refractivity (Wildman–Crippen MR) is 117 cm³/mol. The van der Waals surface area contributed by atoms with Gasteiger partial charge in [-0.25, -0.2) is 0 Å². The molecule has 160 valence electrons. The Labute approximate surface area is 179 Å². The Balaban J connectivity index is 1.42. The second kappa shape index (κ2) is 8.51. The summed E-state index contributed by atoms with van der Waals surface area (Å²) in [7, 11) is 0. The number of anilines is 1. The van der Waals surface area contributed by atoms with E-state index in [0.717, 1.165) is 22.0 Å². The highest BCUT2D eigenvalue weighted by atomic mass is 16.4. The van der Waals surface area contributed by atoms with Gasteiger partial charge in [-0.3, -0.25) is 14.4 Å². The maximum Gasteiger partial charge on any atom is 0.308 e. The Bertz CT molecular complexity index is 1150.